The minimum absolute atomic E-state index is 0.0345. The van der Waals surface area contributed by atoms with Crippen molar-refractivity contribution in [1.29, 1.82) is 0 Å². The molecule has 0 unspecified atom stereocenters. The van der Waals surface area contributed by atoms with Crippen molar-refractivity contribution < 1.29 is 22.7 Å². The van der Waals surface area contributed by atoms with E-state index in [-0.39, 0.29) is 16.4 Å². The van der Waals surface area contributed by atoms with Crippen LogP contribution in [0.2, 0.25) is 0 Å². The first-order valence-corrected chi connectivity index (χ1v) is 7.63. The Morgan fingerprint density at radius 2 is 2.05 bits per heavy atom. The summed E-state index contributed by atoms with van der Waals surface area (Å²) < 4.78 is 36.8. The molecule has 0 atom stereocenters. The molecule has 0 amide bonds. The molecule has 0 aliphatic carbocycles. The van der Waals surface area contributed by atoms with Crippen LogP contribution in [0.4, 0.5) is 15.9 Å². The number of anilines is 2. The fourth-order valence-corrected chi connectivity index (χ4v) is 2.47. The summed E-state index contributed by atoms with van der Waals surface area (Å²) >= 11 is 0. The van der Waals surface area contributed by atoms with Crippen molar-refractivity contribution in [1.82, 2.24) is 4.98 Å². The zero-order valence-corrected chi connectivity index (χ0v) is 11.7. The van der Waals surface area contributed by atoms with Crippen molar-refractivity contribution in [2.24, 2.45) is 0 Å². The monoisotopic (exact) mass is 310 g/mol. The standard InChI is InChI=1S/C13H11FN2O4S/c1-21(19,20)11-3-2-6-15-12(11)16-8-4-5-9(13(17)18)10(14)7-8/h2-7H,1H3,(H,15,16)(H,17,18). The summed E-state index contributed by atoms with van der Waals surface area (Å²) in [6.45, 7) is 0. The van der Waals surface area contributed by atoms with E-state index >= 15 is 0 Å². The summed E-state index contributed by atoms with van der Waals surface area (Å²) in [7, 11) is -3.50. The molecule has 0 radical (unpaired) electrons. The van der Waals surface area contributed by atoms with Crippen LogP contribution in [0, 0.1) is 5.82 Å². The smallest absolute Gasteiger partial charge is 0.338 e. The largest absolute Gasteiger partial charge is 0.478 e. The highest BCUT2D eigenvalue weighted by molar-refractivity contribution is 7.90. The van der Waals surface area contributed by atoms with Crippen LogP contribution in [0.3, 0.4) is 0 Å². The lowest BCUT2D eigenvalue weighted by atomic mass is 10.2. The highest BCUT2D eigenvalue weighted by Crippen LogP contribution is 2.23. The average molecular weight is 310 g/mol. The van der Waals surface area contributed by atoms with Crippen LogP contribution in [0.25, 0.3) is 0 Å². The van der Waals surface area contributed by atoms with Gasteiger partial charge in [-0.05, 0) is 30.3 Å². The Bertz CT molecular complexity index is 806. The molecule has 1 heterocycles. The van der Waals surface area contributed by atoms with E-state index in [0.29, 0.717) is 0 Å². The molecule has 21 heavy (non-hydrogen) atoms. The molecule has 2 aromatic rings. The van der Waals surface area contributed by atoms with Gasteiger partial charge in [0.05, 0.1) is 5.56 Å². The van der Waals surface area contributed by atoms with E-state index in [4.69, 9.17) is 5.11 Å². The molecular weight excluding hydrogens is 299 g/mol. The maximum atomic E-state index is 13.6. The first kappa shape index (κ1) is 14.9. The molecule has 8 heteroatoms. The predicted octanol–water partition coefficient (Wildman–Crippen LogP) is 2.07. The fourth-order valence-electron chi connectivity index (χ4n) is 1.69. The molecule has 0 spiro atoms. The van der Waals surface area contributed by atoms with Crippen molar-refractivity contribution >= 4 is 27.3 Å². The van der Waals surface area contributed by atoms with Crippen LogP contribution < -0.4 is 5.32 Å². The van der Waals surface area contributed by atoms with Gasteiger partial charge in [-0.3, -0.25) is 0 Å². The molecule has 0 bridgehead atoms. The molecule has 0 saturated carbocycles. The van der Waals surface area contributed by atoms with Gasteiger partial charge in [0.1, 0.15) is 16.5 Å². The van der Waals surface area contributed by atoms with E-state index in [2.05, 4.69) is 10.3 Å². The maximum absolute atomic E-state index is 13.6. The second-order valence-electron chi connectivity index (χ2n) is 4.25. The van der Waals surface area contributed by atoms with Gasteiger partial charge in [0, 0.05) is 18.1 Å². The van der Waals surface area contributed by atoms with Crippen LogP contribution >= 0.6 is 0 Å². The lowest BCUT2D eigenvalue weighted by Crippen LogP contribution is -2.05. The van der Waals surface area contributed by atoms with Gasteiger partial charge in [-0.15, -0.1) is 0 Å². The molecule has 2 N–H and O–H groups in total. The summed E-state index contributed by atoms with van der Waals surface area (Å²) in [6, 6.07) is 6.21. The van der Waals surface area contributed by atoms with Gasteiger partial charge in [0.25, 0.3) is 0 Å². The molecule has 0 saturated heterocycles. The predicted molar refractivity (Wildman–Crippen MR) is 74.0 cm³/mol. The second kappa shape index (κ2) is 5.49. The summed E-state index contributed by atoms with van der Waals surface area (Å²) in [4.78, 5) is 14.6. The normalized spacial score (nSPS) is 11.1. The minimum Gasteiger partial charge on any atom is -0.478 e. The highest BCUT2D eigenvalue weighted by atomic mass is 32.2. The number of carboxylic acid groups (broad SMARTS) is 1. The van der Waals surface area contributed by atoms with Crippen LogP contribution in [0.5, 0.6) is 0 Å². The number of aromatic nitrogens is 1. The van der Waals surface area contributed by atoms with Gasteiger partial charge in [-0.25, -0.2) is 22.6 Å². The molecule has 1 aromatic carbocycles. The molecule has 0 aliphatic heterocycles. The quantitative estimate of drug-likeness (QED) is 0.897. The Hall–Kier alpha value is -2.48. The number of nitrogens with one attached hydrogen (secondary N) is 1. The van der Waals surface area contributed by atoms with Crippen LogP contribution in [0.1, 0.15) is 10.4 Å². The Kier molecular flexibility index (Phi) is 3.90. The van der Waals surface area contributed by atoms with E-state index in [9.17, 15) is 17.6 Å². The molecule has 110 valence electrons. The van der Waals surface area contributed by atoms with E-state index in [1.165, 1.54) is 24.4 Å². The molecular formula is C13H11FN2O4S. The summed E-state index contributed by atoms with van der Waals surface area (Å²) in [5.41, 5.74) is -0.272. The zero-order valence-electron chi connectivity index (χ0n) is 10.9. The average Bonchev–Trinajstić information content (AvgIpc) is 2.37. The number of pyridine rings is 1. The van der Waals surface area contributed by atoms with Gasteiger partial charge >= 0.3 is 5.97 Å². The van der Waals surface area contributed by atoms with Crippen molar-refractivity contribution in [2.75, 3.05) is 11.6 Å². The number of carboxylic acids is 1. The molecule has 0 aliphatic rings. The summed E-state index contributed by atoms with van der Waals surface area (Å²) in [6.07, 6.45) is 2.42. The fraction of sp³-hybridized carbons (Fsp3) is 0.0769. The molecule has 0 fully saturated rings. The Morgan fingerprint density at radius 3 is 2.62 bits per heavy atom. The third-order valence-electron chi connectivity index (χ3n) is 2.63. The van der Waals surface area contributed by atoms with Crippen LogP contribution in [-0.2, 0) is 9.84 Å². The third kappa shape index (κ3) is 3.34. The molecule has 2 rings (SSSR count). The first-order valence-electron chi connectivity index (χ1n) is 5.74. The number of rotatable bonds is 4. The number of hydrogen-bond donors (Lipinski definition) is 2. The number of aromatic carboxylic acids is 1. The number of benzene rings is 1. The first-order chi connectivity index (χ1) is 9.79. The highest BCUT2D eigenvalue weighted by Gasteiger charge is 2.15. The number of sulfone groups is 1. The van der Waals surface area contributed by atoms with Crippen molar-refractivity contribution in [3.05, 3.63) is 47.9 Å². The molecule has 6 nitrogen and oxygen atoms in total. The SMILES string of the molecule is CS(=O)(=O)c1cccnc1Nc1ccc(C(=O)O)c(F)c1. The third-order valence-corrected chi connectivity index (χ3v) is 3.76. The zero-order chi connectivity index (χ0) is 15.6. The van der Waals surface area contributed by atoms with E-state index in [1.54, 1.807) is 0 Å². The Balaban J connectivity index is 2.40. The van der Waals surface area contributed by atoms with Gasteiger partial charge < -0.3 is 10.4 Å². The minimum atomic E-state index is -3.50. The summed E-state index contributed by atoms with van der Waals surface area (Å²) in [5.74, 6) is -2.26. The van der Waals surface area contributed by atoms with Gasteiger partial charge in [-0.1, -0.05) is 0 Å². The number of halogens is 1. The number of carbonyl (C=O) groups is 1. The topological polar surface area (TPSA) is 96.4 Å². The number of hydrogen-bond acceptors (Lipinski definition) is 5. The number of nitrogens with zero attached hydrogens (tertiary/aromatic N) is 1. The lowest BCUT2D eigenvalue weighted by molar-refractivity contribution is 0.0692. The van der Waals surface area contributed by atoms with Gasteiger partial charge in [-0.2, -0.15) is 0 Å². The van der Waals surface area contributed by atoms with Crippen molar-refractivity contribution in [2.45, 2.75) is 4.90 Å². The van der Waals surface area contributed by atoms with E-state index in [1.807, 2.05) is 0 Å². The molecule has 1 aromatic heterocycles. The van der Waals surface area contributed by atoms with E-state index < -0.39 is 27.2 Å². The van der Waals surface area contributed by atoms with Gasteiger partial charge in [0.15, 0.2) is 9.84 Å². The van der Waals surface area contributed by atoms with E-state index in [0.717, 1.165) is 18.4 Å². The Morgan fingerprint density at radius 1 is 1.33 bits per heavy atom. The summed E-state index contributed by atoms with van der Waals surface area (Å²) in [5, 5.41) is 11.4. The maximum Gasteiger partial charge on any atom is 0.338 e. The van der Waals surface area contributed by atoms with Crippen LogP contribution in [-0.4, -0.2) is 30.7 Å². The van der Waals surface area contributed by atoms with Crippen LogP contribution in [0.15, 0.2) is 41.4 Å². The van der Waals surface area contributed by atoms with Gasteiger partial charge in [0.2, 0.25) is 0 Å². The van der Waals surface area contributed by atoms with Crippen molar-refractivity contribution in [3.8, 4) is 0 Å². The Labute approximate surface area is 120 Å². The lowest BCUT2D eigenvalue weighted by Gasteiger charge is -2.10. The van der Waals surface area contributed by atoms with Crippen molar-refractivity contribution in [3.63, 3.8) is 0 Å². The second-order valence-corrected chi connectivity index (χ2v) is 6.23.